The van der Waals surface area contributed by atoms with E-state index in [1.807, 2.05) is 19.9 Å². The predicted octanol–water partition coefficient (Wildman–Crippen LogP) is 3.11. The fourth-order valence-electron chi connectivity index (χ4n) is 2.38. The second kappa shape index (κ2) is 5.14. The van der Waals surface area contributed by atoms with E-state index in [0.29, 0.717) is 29.1 Å². The van der Waals surface area contributed by atoms with E-state index in [1.165, 1.54) is 0 Å². The van der Waals surface area contributed by atoms with Gasteiger partial charge in [-0.25, -0.2) is 13.8 Å². The molecular weight excluding hydrogens is 286 g/mol. The number of imidazole rings is 1. The average molecular weight is 302 g/mol. The van der Waals surface area contributed by atoms with E-state index in [4.69, 9.17) is 5.73 Å². The second-order valence-corrected chi connectivity index (χ2v) is 5.98. The molecule has 4 nitrogen and oxygen atoms in total. The molecule has 0 unspecified atom stereocenters. The number of aromatic nitrogens is 3. The lowest BCUT2D eigenvalue weighted by molar-refractivity contribution is 0.442. The third kappa shape index (κ3) is 2.69. The van der Waals surface area contributed by atoms with Crippen molar-refractivity contribution >= 4 is 11.0 Å². The van der Waals surface area contributed by atoms with Crippen LogP contribution >= 0.6 is 0 Å². The molecule has 0 bridgehead atoms. The normalized spacial score (nSPS) is 12.0. The number of fused-ring (bicyclic) bond motifs is 1. The Labute approximate surface area is 126 Å². The zero-order valence-corrected chi connectivity index (χ0v) is 12.3. The van der Waals surface area contributed by atoms with Crippen molar-refractivity contribution in [2.75, 3.05) is 0 Å². The summed E-state index contributed by atoms with van der Waals surface area (Å²) in [6.07, 6.45) is 1.65. The van der Waals surface area contributed by atoms with Crippen LogP contribution in [0.5, 0.6) is 0 Å². The SMILES string of the molecule is CC(C)(N)Cn1c(-c2ccccn2)nc2cc(F)c(F)cc21. The summed E-state index contributed by atoms with van der Waals surface area (Å²) in [7, 11) is 0. The summed E-state index contributed by atoms with van der Waals surface area (Å²) in [6, 6.07) is 7.67. The minimum absolute atomic E-state index is 0.379. The number of hydrogen-bond acceptors (Lipinski definition) is 3. The highest BCUT2D eigenvalue weighted by atomic mass is 19.2. The standard InChI is InChI=1S/C16H16F2N4/c1-16(2,19)9-22-14-8-11(18)10(17)7-13(14)21-15(22)12-5-3-4-6-20-12/h3-8H,9,19H2,1-2H3. The van der Waals surface area contributed by atoms with Gasteiger partial charge in [-0.15, -0.1) is 0 Å². The lowest BCUT2D eigenvalue weighted by atomic mass is 10.1. The summed E-state index contributed by atoms with van der Waals surface area (Å²) >= 11 is 0. The Morgan fingerprint density at radius 1 is 1.18 bits per heavy atom. The molecule has 0 atom stereocenters. The molecule has 114 valence electrons. The van der Waals surface area contributed by atoms with Gasteiger partial charge >= 0.3 is 0 Å². The Morgan fingerprint density at radius 3 is 2.55 bits per heavy atom. The van der Waals surface area contributed by atoms with Crippen molar-refractivity contribution in [3.8, 4) is 11.5 Å². The third-order valence-electron chi connectivity index (χ3n) is 3.25. The second-order valence-electron chi connectivity index (χ2n) is 5.98. The topological polar surface area (TPSA) is 56.7 Å². The van der Waals surface area contributed by atoms with Gasteiger partial charge in [0.25, 0.3) is 0 Å². The van der Waals surface area contributed by atoms with Crippen LogP contribution in [-0.2, 0) is 6.54 Å². The van der Waals surface area contributed by atoms with E-state index < -0.39 is 17.2 Å². The van der Waals surface area contributed by atoms with Gasteiger partial charge in [-0.05, 0) is 26.0 Å². The fraction of sp³-hybridized carbons (Fsp3) is 0.250. The van der Waals surface area contributed by atoms with Gasteiger partial charge in [-0.2, -0.15) is 0 Å². The molecule has 0 aliphatic heterocycles. The number of halogens is 2. The summed E-state index contributed by atoms with van der Waals surface area (Å²) in [6.45, 7) is 4.13. The third-order valence-corrected chi connectivity index (χ3v) is 3.25. The maximum Gasteiger partial charge on any atom is 0.161 e. The van der Waals surface area contributed by atoms with Crippen molar-refractivity contribution in [2.24, 2.45) is 5.73 Å². The molecular formula is C16H16F2N4. The van der Waals surface area contributed by atoms with Crippen molar-refractivity contribution in [1.82, 2.24) is 14.5 Å². The van der Waals surface area contributed by atoms with Crippen LogP contribution in [0.2, 0.25) is 0 Å². The summed E-state index contributed by atoms with van der Waals surface area (Å²) in [4.78, 5) is 8.68. The number of benzene rings is 1. The zero-order valence-electron chi connectivity index (χ0n) is 12.3. The Hall–Kier alpha value is -2.34. The largest absolute Gasteiger partial charge is 0.324 e. The van der Waals surface area contributed by atoms with Crippen LogP contribution in [0.3, 0.4) is 0 Å². The van der Waals surface area contributed by atoms with Crippen LogP contribution in [0.4, 0.5) is 8.78 Å². The van der Waals surface area contributed by atoms with E-state index in [-0.39, 0.29) is 0 Å². The van der Waals surface area contributed by atoms with Gasteiger partial charge in [-0.1, -0.05) is 6.07 Å². The van der Waals surface area contributed by atoms with Gasteiger partial charge in [0.15, 0.2) is 17.5 Å². The first-order chi connectivity index (χ1) is 10.3. The molecule has 3 aromatic rings. The molecule has 0 saturated heterocycles. The van der Waals surface area contributed by atoms with Crippen molar-refractivity contribution in [2.45, 2.75) is 25.9 Å². The van der Waals surface area contributed by atoms with Crippen LogP contribution in [0, 0.1) is 11.6 Å². The van der Waals surface area contributed by atoms with Gasteiger partial charge in [0, 0.05) is 30.4 Å². The smallest absolute Gasteiger partial charge is 0.161 e. The first kappa shape index (κ1) is 14.6. The molecule has 6 heteroatoms. The van der Waals surface area contributed by atoms with Crippen LogP contribution in [0.15, 0.2) is 36.5 Å². The maximum atomic E-state index is 13.6. The van der Waals surface area contributed by atoms with E-state index >= 15 is 0 Å². The Morgan fingerprint density at radius 2 is 1.91 bits per heavy atom. The van der Waals surface area contributed by atoms with Gasteiger partial charge in [0.2, 0.25) is 0 Å². The van der Waals surface area contributed by atoms with Crippen LogP contribution in [0.1, 0.15) is 13.8 Å². The molecule has 3 rings (SSSR count). The Balaban J connectivity index is 2.28. The molecule has 0 spiro atoms. The van der Waals surface area contributed by atoms with Crippen molar-refractivity contribution in [1.29, 1.82) is 0 Å². The summed E-state index contributed by atoms with van der Waals surface area (Å²) in [5.74, 6) is -1.29. The van der Waals surface area contributed by atoms with E-state index in [9.17, 15) is 8.78 Å². The lowest BCUT2D eigenvalue weighted by Gasteiger charge is -2.21. The molecule has 0 radical (unpaired) electrons. The number of pyridine rings is 1. The molecule has 2 N–H and O–H groups in total. The highest BCUT2D eigenvalue weighted by Gasteiger charge is 2.21. The number of rotatable bonds is 3. The highest BCUT2D eigenvalue weighted by molar-refractivity contribution is 5.80. The quantitative estimate of drug-likeness (QED) is 0.808. The number of nitrogens with two attached hydrogens (primary N) is 1. The summed E-state index contributed by atoms with van der Waals surface area (Å²) < 4.78 is 28.9. The molecule has 1 aromatic carbocycles. The highest BCUT2D eigenvalue weighted by Crippen LogP contribution is 2.26. The molecule has 2 heterocycles. The van der Waals surface area contributed by atoms with E-state index in [1.54, 1.807) is 22.9 Å². The maximum absolute atomic E-state index is 13.6. The minimum Gasteiger partial charge on any atom is -0.324 e. The van der Waals surface area contributed by atoms with E-state index in [2.05, 4.69) is 9.97 Å². The fourth-order valence-corrected chi connectivity index (χ4v) is 2.38. The van der Waals surface area contributed by atoms with Crippen LogP contribution in [0.25, 0.3) is 22.6 Å². The van der Waals surface area contributed by atoms with Crippen molar-refractivity contribution in [3.63, 3.8) is 0 Å². The predicted molar refractivity (Wildman–Crippen MR) is 81.1 cm³/mol. The van der Waals surface area contributed by atoms with Crippen molar-refractivity contribution in [3.05, 3.63) is 48.2 Å². The van der Waals surface area contributed by atoms with Crippen LogP contribution in [-0.4, -0.2) is 20.1 Å². The van der Waals surface area contributed by atoms with E-state index in [0.717, 1.165) is 12.1 Å². The van der Waals surface area contributed by atoms with Gasteiger partial charge in [-0.3, -0.25) is 4.98 Å². The lowest BCUT2D eigenvalue weighted by Crippen LogP contribution is -2.37. The van der Waals surface area contributed by atoms with Gasteiger partial charge in [0.05, 0.1) is 11.0 Å². The summed E-state index contributed by atoms with van der Waals surface area (Å²) in [5.41, 5.74) is 7.06. The first-order valence-electron chi connectivity index (χ1n) is 6.91. The number of nitrogens with zero attached hydrogens (tertiary/aromatic N) is 3. The Bertz CT molecular complexity index is 820. The summed E-state index contributed by atoms with van der Waals surface area (Å²) in [5, 5.41) is 0. The van der Waals surface area contributed by atoms with Gasteiger partial charge in [0.1, 0.15) is 5.69 Å². The average Bonchev–Trinajstić information content (AvgIpc) is 2.77. The zero-order chi connectivity index (χ0) is 15.9. The van der Waals surface area contributed by atoms with Crippen LogP contribution < -0.4 is 5.73 Å². The molecule has 0 aliphatic carbocycles. The minimum atomic E-state index is -0.920. The molecule has 0 amide bonds. The first-order valence-corrected chi connectivity index (χ1v) is 6.91. The molecule has 2 aromatic heterocycles. The number of hydrogen-bond donors (Lipinski definition) is 1. The van der Waals surface area contributed by atoms with Gasteiger partial charge < -0.3 is 10.3 Å². The molecule has 0 aliphatic rings. The monoisotopic (exact) mass is 302 g/mol. The Kier molecular flexibility index (Phi) is 3.41. The molecule has 0 fully saturated rings. The van der Waals surface area contributed by atoms with Crippen molar-refractivity contribution < 1.29 is 8.78 Å². The molecule has 22 heavy (non-hydrogen) atoms. The molecule has 0 saturated carbocycles.